The van der Waals surface area contributed by atoms with Crippen LogP contribution in [-0.2, 0) is 33.3 Å². The summed E-state index contributed by atoms with van der Waals surface area (Å²) in [5.74, 6) is -2.06. The molecule has 0 bridgehead atoms. The fourth-order valence-electron chi connectivity index (χ4n) is 9.17. The van der Waals surface area contributed by atoms with Gasteiger partial charge in [0.2, 0.25) is 0 Å². The summed E-state index contributed by atoms with van der Waals surface area (Å²) in [4.78, 5) is 37.7. The van der Waals surface area contributed by atoms with Gasteiger partial charge < -0.3 is 28.5 Å². The van der Waals surface area contributed by atoms with Crippen molar-refractivity contribution in [2.45, 2.75) is 257 Å². The number of hydrogen-bond donors (Lipinski definition) is 1. The molecule has 2 unspecified atom stereocenters. The van der Waals surface area contributed by atoms with Crippen LogP contribution in [0.5, 0.6) is 0 Å². The van der Waals surface area contributed by atoms with Crippen molar-refractivity contribution in [1.29, 1.82) is 0 Å². The van der Waals surface area contributed by atoms with Crippen molar-refractivity contribution in [3.05, 3.63) is 219 Å². The maximum absolute atomic E-state index is 13.0. The van der Waals surface area contributed by atoms with E-state index in [1.165, 1.54) is 25.7 Å². The molecule has 530 valence electrons. The Labute approximate surface area is 581 Å². The number of carbonyl (C=O) groups excluding carboxylic acids is 2. The number of hydrogen-bond acceptors (Lipinski definition) is 7. The molecule has 1 N–H and O–H groups in total. The first-order valence-corrected chi connectivity index (χ1v) is 36.9. The number of aliphatic carboxylic acids is 1. The number of carboxylic acids is 1. The van der Waals surface area contributed by atoms with Crippen LogP contribution in [0.4, 0.5) is 0 Å². The van der Waals surface area contributed by atoms with E-state index in [-0.39, 0.29) is 38.6 Å². The largest absolute Gasteiger partial charge is 0.477 e. The van der Waals surface area contributed by atoms with Crippen molar-refractivity contribution >= 4 is 17.9 Å². The molecule has 0 heterocycles. The normalized spacial score (nSPS) is 14.0. The van der Waals surface area contributed by atoms with E-state index in [9.17, 15) is 19.5 Å². The van der Waals surface area contributed by atoms with Gasteiger partial charge in [0, 0.05) is 12.8 Å². The maximum atomic E-state index is 13.0. The Morgan fingerprint density at radius 1 is 0.316 bits per heavy atom. The van der Waals surface area contributed by atoms with Gasteiger partial charge in [0.25, 0.3) is 6.29 Å². The number of carboxylic acid groups (broad SMARTS) is 1. The number of esters is 2. The summed E-state index contributed by atoms with van der Waals surface area (Å²) in [5.41, 5.74) is 0. The Morgan fingerprint density at radius 3 is 0.842 bits per heavy atom. The molecule has 9 nitrogen and oxygen atoms in total. The van der Waals surface area contributed by atoms with Crippen LogP contribution in [0.25, 0.3) is 0 Å². The standard InChI is InChI=1S/C86H133NO8/c1-6-8-10-12-14-16-18-20-22-24-26-28-30-32-34-36-38-40-41-42-43-45-47-49-51-53-55-57-59-61-63-65-67-69-71-73-75-77-84(89)95-82(81-94-86(85(90)91)92-79-78-87(3,4)5)80-93-83(88)76-74-72-70-68-66-64-62-60-58-56-54-52-50-48-46-44-39-37-35-33-31-29-27-25-23-21-19-17-15-13-11-9-7-2/h8-11,14-17,20-23,26-29,32-35,38-40,42-44,47-50,53-56,59,61,82,86H,6-7,12-13,18-19,24-25,30-31,36-37,41,45-46,51-52,57-58,60,62-81H2,1-5H3/p+1/b10-8-,11-9-,16-14-,17-15-,22-20-,23-21-,28-26-,29-27-,34-32-,35-33-,40-38-,43-42-,44-39-,49-47-,50-48-,55-53-,56-54-,61-59-. The average molecular weight is 1310 g/mol. The monoisotopic (exact) mass is 1310 g/mol. The zero-order valence-electron chi connectivity index (χ0n) is 60.5. The second-order valence-electron chi connectivity index (χ2n) is 24.8. The van der Waals surface area contributed by atoms with E-state index in [1.807, 2.05) is 21.1 Å². The van der Waals surface area contributed by atoms with Gasteiger partial charge in [-0.3, -0.25) is 9.59 Å². The van der Waals surface area contributed by atoms with Crippen LogP contribution < -0.4 is 0 Å². The minimum absolute atomic E-state index is 0.171. The number of allylic oxidation sites excluding steroid dienone is 36. The predicted molar refractivity (Wildman–Crippen MR) is 409 cm³/mol. The molecule has 0 saturated heterocycles. The van der Waals surface area contributed by atoms with Crippen LogP contribution in [0, 0.1) is 0 Å². The molecule has 0 rings (SSSR count). The lowest BCUT2D eigenvalue weighted by Crippen LogP contribution is -2.40. The number of rotatable bonds is 65. The highest BCUT2D eigenvalue weighted by atomic mass is 16.7. The Bertz CT molecular complexity index is 2370. The quantitative estimate of drug-likeness (QED) is 0.0211. The van der Waals surface area contributed by atoms with Crippen LogP contribution >= 0.6 is 0 Å². The van der Waals surface area contributed by atoms with Crippen LogP contribution in [0.3, 0.4) is 0 Å². The molecule has 0 aliphatic rings. The highest BCUT2D eigenvalue weighted by molar-refractivity contribution is 5.71. The molecule has 0 saturated carbocycles. The van der Waals surface area contributed by atoms with Crippen molar-refractivity contribution in [2.24, 2.45) is 0 Å². The summed E-state index contributed by atoms with van der Waals surface area (Å²) < 4.78 is 23.0. The summed E-state index contributed by atoms with van der Waals surface area (Å²) in [6, 6.07) is 0. The molecular weight excluding hydrogens is 1170 g/mol. The van der Waals surface area contributed by atoms with Gasteiger partial charge in [-0.05, 0) is 154 Å². The van der Waals surface area contributed by atoms with Crippen LogP contribution in [0.2, 0.25) is 0 Å². The van der Waals surface area contributed by atoms with Gasteiger partial charge >= 0.3 is 17.9 Å². The van der Waals surface area contributed by atoms with Gasteiger partial charge in [-0.25, -0.2) is 4.79 Å². The zero-order chi connectivity index (χ0) is 69.0. The minimum atomic E-state index is -1.53. The third kappa shape index (κ3) is 74.9. The highest BCUT2D eigenvalue weighted by Crippen LogP contribution is 2.14. The number of unbranched alkanes of at least 4 members (excludes halogenated alkanes) is 14. The van der Waals surface area contributed by atoms with Crippen LogP contribution in [0.15, 0.2) is 219 Å². The summed E-state index contributed by atoms with van der Waals surface area (Å²) in [6.45, 7) is 4.59. The van der Waals surface area contributed by atoms with E-state index in [0.717, 1.165) is 186 Å². The SMILES string of the molecule is CC/C=C\C/C=C\C/C=C\C/C=C\C/C=C\C/C=C\C/C=C\C/C=C\C/C=C\C/C=C\CCCCCCCCC(=O)OC(COC(=O)CCCCCCCCCC/C=C\C/C=C\C/C=C\C/C=C\C/C=C\C/C=C\C/C=C\C/C=C\CC)COC(OCC[N+](C)(C)C)C(=O)O. The first-order valence-electron chi connectivity index (χ1n) is 36.9. The molecule has 9 heteroatoms. The number of likely N-dealkylation sites (N-methyl/N-ethyl adjacent to an activating group) is 1. The smallest absolute Gasteiger partial charge is 0.361 e. The minimum Gasteiger partial charge on any atom is -0.477 e. The first kappa shape index (κ1) is 88.6. The third-order valence-electron chi connectivity index (χ3n) is 14.7. The fourth-order valence-corrected chi connectivity index (χ4v) is 9.17. The van der Waals surface area contributed by atoms with Gasteiger partial charge in [0.05, 0.1) is 34.4 Å². The van der Waals surface area contributed by atoms with Gasteiger partial charge in [0.15, 0.2) is 6.10 Å². The molecule has 2 atom stereocenters. The Hall–Kier alpha value is -6.39. The lowest BCUT2D eigenvalue weighted by atomic mass is 10.1. The molecule has 0 aliphatic heterocycles. The maximum Gasteiger partial charge on any atom is 0.361 e. The highest BCUT2D eigenvalue weighted by Gasteiger charge is 2.25. The predicted octanol–water partition coefficient (Wildman–Crippen LogP) is 23.7. The van der Waals surface area contributed by atoms with Crippen molar-refractivity contribution in [3.8, 4) is 0 Å². The Kier molecular flexibility index (Phi) is 68.5. The number of quaternary nitrogens is 1. The van der Waals surface area contributed by atoms with Crippen molar-refractivity contribution in [1.82, 2.24) is 0 Å². The van der Waals surface area contributed by atoms with Crippen LogP contribution in [-0.4, -0.2) is 87.4 Å². The molecule has 0 aliphatic carbocycles. The van der Waals surface area contributed by atoms with E-state index in [2.05, 4.69) is 233 Å². The van der Waals surface area contributed by atoms with Crippen molar-refractivity contribution in [3.63, 3.8) is 0 Å². The molecule has 0 fully saturated rings. The van der Waals surface area contributed by atoms with E-state index in [4.69, 9.17) is 18.9 Å². The summed E-state index contributed by atoms with van der Waals surface area (Å²) in [6.07, 6.45) is 113. The number of nitrogens with zero attached hydrogens (tertiary/aromatic N) is 1. The fraction of sp³-hybridized carbons (Fsp3) is 0.547. The summed E-state index contributed by atoms with van der Waals surface area (Å²) >= 11 is 0. The Morgan fingerprint density at radius 2 is 0.568 bits per heavy atom. The van der Waals surface area contributed by atoms with E-state index >= 15 is 0 Å². The number of ether oxygens (including phenoxy) is 4. The molecule has 0 radical (unpaired) electrons. The first-order chi connectivity index (χ1) is 46.6. The summed E-state index contributed by atoms with van der Waals surface area (Å²) in [7, 11) is 5.95. The van der Waals surface area contributed by atoms with Crippen LogP contribution in [0.1, 0.15) is 245 Å². The van der Waals surface area contributed by atoms with Crippen molar-refractivity contribution in [2.75, 3.05) is 47.5 Å². The van der Waals surface area contributed by atoms with E-state index in [1.54, 1.807) is 0 Å². The molecule has 95 heavy (non-hydrogen) atoms. The molecule has 0 spiro atoms. The summed E-state index contributed by atoms with van der Waals surface area (Å²) in [5, 5.41) is 9.76. The molecular formula is C86H134NO8+. The Balaban J connectivity index is 4.25. The molecule has 0 aromatic rings. The van der Waals surface area contributed by atoms with Crippen molar-refractivity contribution < 1.29 is 42.9 Å². The van der Waals surface area contributed by atoms with Gasteiger partial charge in [0.1, 0.15) is 13.2 Å². The van der Waals surface area contributed by atoms with Gasteiger partial charge in [-0.15, -0.1) is 0 Å². The van der Waals surface area contributed by atoms with Gasteiger partial charge in [-0.2, -0.15) is 0 Å². The molecule has 0 amide bonds. The molecule has 0 aromatic heterocycles. The molecule has 0 aromatic carbocycles. The number of carbonyl (C=O) groups is 3. The van der Waals surface area contributed by atoms with E-state index < -0.39 is 24.3 Å². The zero-order valence-corrected chi connectivity index (χ0v) is 60.5. The average Bonchev–Trinajstić information content (AvgIpc) is 3.75. The second-order valence-corrected chi connectivity index (χ2v) is 24.8. The lowest BCUT2D eigenvalue weighted by molar-refractivity contribution is -0.870. The topological polar surface area (TPSA) is 108 Å². The van der Waals surface area contributed by atoms with Gasteiger partial charge in [-0.1, -0.05) is 297 Å². The second kappa shape index (κ2) is 73.4. The lowest BCUT2D eigenvalue weighted by Gasteiger charge is -2.25. The third-order valence-corrected chi connectivity index (χ3v) is 14.7. The van der Waals surface area contributed by atoms with E-state index in [0.29, 0.717) is 17.4 Å².